The van der Waals surface area contributed by atoms with Gasteiger partial charge in [0.05, 0.1) is 22.6 Å². The third-order valence-electron chi connectivity index (χ3n) is 7.41. The van der Waals surface area contributed by atoms with E-state index < -0.39 is 27.8 Å². The van der Waals surface area contributed by atoms with E-state index in [-0.39, 0.29) is 11.5 Å². The summed E-state index contributed by atoms with van der Waals surface area (Å²) in [6, 6.07) is 26.1. The Balaban J connectivity index is 1.86. The topological polar surface area (TPSA) is 111 Å². The smallest absolute Gasteiger partial charge is 0.270 e. The van der Waals surface area contributed by atoms with E-state index in [4.69, 9.17) is 0 Å². The molecule has 0 bridgehead atoms. The Kier molecular flexibility index (Phi) is 5.00. The highest BCUT2D eigenvalue weighted by Gasteiger charge is 2.71. The predicted octanol–water partition coefficient (Wildman–Crippen LogP) is 5.18. The van der Waals surface area contributed by atoms with E-state index in [1.807, 2.05) is 30.3 Å². The van der Waals surface area contributed by atoms with E-state index in [2.05, 4.69) is 12.1 Å². The molecule has 0 radical (unpaired) electrons. The first kappa shape index (κ1) is 22.1. The summed E-state index contributed by atoms with van der Waals surface area (Å²) in [6.07, 6.45) is 3.39. The molecule has 0 unspecified atom stereocenters. The zero-order valence-electron chi connectivity index (χ0n) is 18.8. The minimum atomic E-state index is -1.70. The minimum absolute atomic E-state index is 0.0863. The molecule has 1 saturated heterocycles. The SMILES string of the molecule is C[C@]12c3ccc([N+](=O)[O-])cc3C=CN1[C@@H](C#N)[C@@H](c1ccccc1)[C@@]2(C#N)C(=O)c1ccccc1. The highest BCUT2D eigenvalue weighted by Crippen LogP contribution is 2.64. The van der Waals surface area contributed by atoms with Gasteiger partial charge in [-0.15, -0.1) is 0 Å². The lowest BCUT2D eigenvalue weighted by molar-refractivity contribution is -0.384. The number of carbonyl (C=O) groups excluding carboxylic acids is 1. The molecular formula is C28H20N4O3. The van der Waals surface area contributed by atoms with Gasteiger partial charge in [-0.25, -0.2) is 0 Å². The predicted molar refractivity (Wildman–Crippen MR) is 129 cm³/mol. The molecule has 3 aromatic rings. The molecule has 5 rings (SSSR count). The number of carbonyl (C=O) groups is 1. The van der Waals surface area contributed by atoms with Crippen LogP contribution >= 0.6 is 0 Å². The number of rotatable bonds is 4. The van der Waals surface area contributed by atoms with E-state index in [0.29, 0.717) is 22.3 Å². The molecular weight excluding hydrogens is 440 g/mol. The third-order valence-corrected chi connectivity index (χ3v) is 7.41. The summed E-state index contributed by atoms with van der Waals surface area (Å²) in [4.78, 5) is 27.1. The van der Waals surface area contributed by atoms with Crippen molar-refractivity contribution in [3.63, 3.8) is 0 Å². The lowest BCUT2D eigenvalue weighted by Crippen LogP contribution is -2.53. The lowest BCUT2D eigenvalue weighted by Gasteiger charge is -2.46. The second-order valence-electron chi connectivity index (χ2n) is 8.90. The Hall–Kier alpha value is -4.75. The van der Waals surface area contributed by atoms with Gasteiger partial charge in [-0.3, -0.25) is 14.9 Å². The minimum Gasteiger partial charge on any atom is -0.350 e. The molecule has 7 heteroatoms. The number of benzene rings is 3. The molecule has 4 atom stereocenters. The van der Waals surface area contributed by atoms with Crippen LogP contribution < -0.4 is 0 Å². The second kappa shape index (κ2) is 7.93. The molecule has 7 nitrogen and oxygen atoms in total. The number of hydrogen-bond acceptors (Lipinski definition) is 6. The van der Waals surface area contributed by atoms with Crippen molar-refractivity contribution in [3.8, 4) is 12.1 Å². The second-order valence-corrected chi connectivity index (χ2v) is 8.90. The Morgan fingerprint density at radius 1 is 1.03 bits per heavy atom. The monoisotopic (exact) mass is 460 g/mol. The van der Waals surface area contributed by atoms with Crippen LogP contribution in [0.4, 0.5) is 5.69 Å². The maximum absolute atomic E-state index is 14.4. The van der Waals surface area contributed by atoms with Crippen molar-refractivity contribution in [2.75, 3.05) is 0 Å². The van der Waals surface area contributed by atoms with E-state index >= 15 is 0 Å². The summed E-state index contributed by atoms with van der Waals surface area (Å²) >= 11 is 0. The summed E-state index contributed by atoms with van der Waals surface area (Å²) in [6.45, 7) is 1.79. The summed E-state index contributed by atoms with van der Waals surface area (Å²) in [5, 5.41) is 32.7. The number of ketones is 1. The van der Waals surface area contributed by atoms with Crippen LogP contribution in [0.5, 0.6) is 0 Å². The van der Waals surface area contributed by atoms with Crippen molar-refractivity contribution in [3.05, 3.63) is 117 Å². The van der Waals surface area contributed by atoms with Gasteiger partial charge in [0.2, 0.25) is 0 Å². The standard InChI is InChI=1S/C28H20N4O3/c1-27-23-13-12-22(32(34)35)16-21(23)14-15-31(27)24(17-29)25(19-8-4-2-5-9-19)28(27,18-30)26(33)20-10-6-3-7-11-20/h2-16,24-25H,1H3/t24-,25+,27+,28-/m0/s1. The van der Waals surface area contributed by atoms with E-state index in [0.717, 1.165) is 0 Å². The number of Topliss-reactive ketones (excluding diaryl/α,β-unsaturated/α-hetero) is 1. The summed E-state index contributed by atoms with van der Waals surface area (Å²) in [7, 11) is 0. The van der Waals surface area contributed by atoms with Crippen molar-refractivity contribution in [2.45, 2.75) is 24.4 Å². The quantitative estimate of drug-likeness (QED) is 0.301. The van der Waals surface area contributed by atoms with Gasteiger partial charge in [0.25, 0.3) is 5.69 Å². The maximum atomic E-state index is 14.4. The molecule has 2 aliphatic rings. The molecule has 1 fully saturated rings. The van der Waals surface area contributed by atoms with E-state index in [1.54, 1.807) is 60.5 Å². The van der Waals surface area contributed by atoms with Crippen molar-refractivity contribution in [1.82, 2.24) is 4.90 Å². The first-order chi connectivity index (χ1) is 16.9. The van der Waals surface area contributed by atoms with Crippen molar-refractivity contribution in [1.29, 1.82) is 10.5 Å². The first-order valence-corrected chi connectivity index (χ1v) is 11.1. The van der Waals surface area contributed by atoms with Gasteiger partial charge in [0.15, 0.2) is 11.2 Å². The van der Waals surface area contributed by atoms with Gasteiger partial charge in [0.1, 0.15) is 6.04 Å². The molecule has 0 amide bonds. The molecule has 170 valence electrons. The Bertz CT molecular complexity index is 1460. The summed E-state index contributed by atoms with van der Waals surface area (Å²) < 4.78 is 0. The van der Waals surface area contributed by atoms with E-state index in [1.165, 1.54) is 12.1 Å². The number of nitro groups is 1. The summed E-state index contributed by atoms with van der Waals surface area (Å²) in [5.41, 5.74) is -0.846. The van der Waals surface area contributed by atoms with Crippen LogP contribution in [0.2, 0.25) is 0 Å². The Morgan fingerprint density at radius 2 is 1.69 bits per heavy atom. The average molecular weight is 460 g/mol. The van der Waals surface area contributed by atoms with Crippen molar-refractivity contribution >= 4 is 17.5 Å². The lowest BCUT2D eigenvalue weighted by atomic mass is 9.57. The fraction of sp³-hybridized carbons (Fsp3) is 0.179. The van der Waals surface area contributed by atoms with Crippen LogP contribution in [0.25, 0.3) is 6.08 Å². The van der Waals surface area contributed by atoms with Crippen LogP contribution in [0, 0.1) is 38.2 Å². The Morgan fingerprint density at radius 3 is 2.29 bits per heavy atom. The largest absolute Gasteiger partial charge is 0.350 e. The van der Waals surface area contributed by atoms with Gasteiger partial charge in [-0.1, -0.05) is 60.7 Å². The third kappa shape index (κ3) is 2.85. The highest BCUT2D eigenvalue weighted by atomic mass is 16.6. The zero-order valence-corrected chi connectivity index (χ0v) is 18.8. The zero-order chi connectivity index (χ0) is 24.8. The Labute approximate surface area is 202 Å². The molecule has 0 spiro atoms. The van der Waals surface area contributed by atoms with Gasteiger partial charge < -0.3 is 4.90 Å². The fourth-order valence-electron chi connectivity index (χ4n) is 5.82. The number of fused-ring (bicyclic) bond motifs is 3. The van der Waals surface area contributed by atoms with Crippen LogP contribution in [0.3, 0.4) is 0 Å². The average Bonchev–Trinajstić information content (AvgIpc) is 3.14. The van der Waals surface area contributed by atoms with Crippen LogP contribution in [-0.2, 0) is 5.54 Å². The van der Waals surface area contributed by atoms with Crippen LogP contribution in [0.15, 0.2) is 85.1 Å². The van der Waals surface area contributed by atoms with Crippen LogP contribution in [0.1, 0.15) is 39.9 Å². The molecule has 2 heterocycles. The van der Waals surface area contributed by atoms with Gasteiger partial charge in [-0.2, -0.15) is 10.5 Å². The molecule has 0 aliphatic carbocycles. The number of nitro benzene ring substituents is 1. The van der Waals surface area contributed by atoms with Crippen LogP contribution in [-0.4, -0.2) is 21.6 Å². The number of non-ortho nitro benzene ring substituents is 1. The van der Waals surface area contributed by atoms with Gasteiger partial charge in [-0.05, 0) is 35.8 Å². The molecule has 0 aromatic heterocycles. The molecule has 3 aromatic carbocycles. The summed E-state index contributed by atoms with van der Waals surface area (Å²) in [5.74, 6) is -1.17. The highest BCUT2D eigenvalue weighted by molar-refractivity contribution is 6.05. The van der Waals surface area contributed by atoms with Crippen molar-refractivity contribution in [2.24, 2.45) is 5.41 Å². The van der Waals surface area contributed by atoms with Gasteiger partial charge >= 0.3 is 0 Å². The van der Waals surface area contributed by atoms with E-state index in [9.17, 15) is 25.4 Å². The number of nitriles is 2. The van der Waals surface area contributed by atoms with Gasteiger partial charge in [0, 0.05) is 29.8 Å². The molecule has 2 aliphatic heterocycles. The molecule has 0 N–H and O–H groups in total. The number of hydrogen-bond donors (Lipinski definition) is 0. The molecule has 35 heavy (non-hydrogen) atoms. The maximum Gasteiger partial charge on any atom is 0.270 e. The fourth-order valence-corrected chi connectivity index (χ4v) is 5.82. The van der Waals surface area contributed by atoms with Crippen molar-refractivity contribution < 1.29 is 9.72 Å². The number of nitrogens with zero attached hydrogens (tertiary/aromatic N) is 4. The molecule has 0 saturated carbocycles. The normalized spacial score (nSPS) is 26.2. The first-order valence-electron chi connectivity index (χ1n) is 11.1.